The third-order valence-corrected chi connectivity index (χ3v) is 2.38. The summed E-state index contributed by atoms with van der Waals surface area (Å²) in [6.07, 6.45) is 2.47. The van der Waals surface area contributed by atoms with E-state index in [1.165, 1.54) is 0 Å². The predicted molar refractivity (Wildman–Crippen MR) is 61.4 cm³/mol. The normalized spacial score (nSPS) is 9.88. The van der Waals surface area contributed by atoms with Crippen LogP contribution in [0.4, 0.5) is 0 Å². The van der Waals surface area contributed by atoms with Crippen molar-refractivity contribution in [2.24, 2.45) is 0 Å². The van der Waals surface area contributed by atoms with Gasteiger partial charge in [0.25, 0.3) is 0 Å². The van der Waals surface area contributed by atoms with Gasteiger partial charge in [-0.25, -0.2) is 6.57 Å². The summed E-state index contributed by atoms with van der Waals surface area (Å²) in [5, 5.41) is 0. The maximum Gasteiger partial charge on any atom is 0.218 e. The van der Waals surface area contributed by atoms with Gasteiger partial charge in [0, 0.05) is 30.9 Å². The molecule has 4 heteroatoms. The zero-order valence-corrected chi connectivity index (χ0v) is 9.91. The van der Waals surface area contributed by atoms with Crippen LogP contribution < -0.4 is 4.74 Å². The molecule has 16 heavy (non-hydrogen) atoms. The highest BCUT2D eigenvalue weighted by Gasteiger charge is 2.13. The Bertz CT molecular complexity index is 397. The number of ether oxygens (including phenoxy) is 2. The molecular weight excluding hydrogens is 204 g/mol. The molecule has 4 nitrogen and oxygen atoms in total. The number of aryl methyl sites for hydroxylation is 1. The monoisotopic (exact) mass is 220 g/mol. The SMILES string of the molecule is [C-]#[N+]CCc1c(COC)cnc(C)c1OC. The highest BCUT2D eigenvalue weighted by Crippen LogP contribution is 2.26. The summed E-state index contributed by atoms with van der Waals surface area (Å²) < 4.78 is 10.5. The Balaban J connectivity index is 3.13. The summed E-state index contributed by atoms with van der Waals surface area (Å²) in [7, 11) is 3.27. The Labute approximate surface area is 96.0 Å². The second kappa shape index (κ2) is 6.09. The molecule has 1 heterocycles. The van der Waals surface area contributed by atoms with E-state index in [4.69, 9.17) is 16.0 Å². The average Bonchev–Trinajstić information content (AvgIpc) is 2.29. The minimum absolute atomic E-state index is 0.455. The van der Waals surface area contributed by atoms with Crippen LogP contribution in [-0.4, -0.2) is 25.7 Å². The van der Waals surface area contributed by atoms with Crippen molar-refractivity contribution in [3.05, 3.63) is 34.4 Å². The molecule has 0 fully saturated rings. The topological polar surface area (TPSA) is 35.7 Å². The Kier molecular flexibility index (Phi) is 4.74. The third-order valence-electron chi connectivity index (χ3n) is 2.38. The third kappa shape index (κ3) is 2.71. The van der Waals surface area contributed by atoms with Crippen LogP contribution >= 0.6 is 0 Å². The number of pyridine rings is 1. The van der Waals surface area contributed by atoms with E-state index in [9.17, 15) is 0 Å². The number of rotatable bonds is 5. The lowest BCUT2D eigenvalue weighted by Gasteiger charge is -2.13. The largest absolute Gasteiger partial charge is 0.495 e. The van der Waals surface area contributed by atoms with E-state index in [-0.39, 0.29) is 0 Å². The van der Waals surface area contributed by atoms with Crippen molar-refractivity contribution in [3.63, 3.8) is 0 Å². The van der Waals surface area contributed by atoms with Gasteiger partial charge in [-0.15, -0.1) is 0 Å². The van der Waals surface area contributed by atoms with Crippen LogP contribution in [0.3, 0.4) is 0 Å². The second-order valence-corrected chi connectivity index (χ2v) is 3.45. The fourth-order valence-corrected chi connectivity index (χ4v) is 1.67. The van der Waals surface area contributed by atoms with E-state index >= 15 is 0 Å². The first-order valence-corrected chi connectivity index (χ1v) is 5.08. The number of methoxy groups -OCH3 is 2. The van der Waals surface area contributed by atoms with Gasteiger partial charge in [-0.3, -0.25) is 4.98 Å². The molecule has 1 aromatic heterocycles. The van der Waals surface area contributed by atoms with Gasteiger partial charge in [0.2, 0.25) is 6.54 Å². The van der Waals surface area contributed by atoms with Crippen molar-refractivity contribution in [1.82, 2.24) is 4.98 Å². The molecule has 1 rings (SSSR count). The van der Waals surface area contributed by atoms with Crippen LogP contribution in [0.15, 0.2) is 6.20 Å². The smallest absolute Gasteiger partial charge is 0.218 e. The van der Waals surface area contributed by atoms with Gasteiger partial charge in [-0.1, -0.05) is 0 Å². The van der Waals surface area contributed by atoms with Crippen molar-refractivity contribution >= 4 is 0 Å². The Morgan fingerprint density at radius 2 is 2.19 bits per heavy atom. The van der Waals surface area contributed by atoms with Crippen LogP contribution in [0.5, 0.6) is 5.75 Å². The standard InChI is InChI=1S/C12H16N2O2/c1-9-12(16-4)11(5-6-13-2)10(7-14-9)8-15-3/h7H,5-6,8H2,1,3-4H3. The fourth-order valence-electron chi connectivity index (χ4n) is 1.67. The zero-order chi connectivity index (χ0) is 12.0. The Morgan fingerprint density at radius 3 is 2.75 bits per heavy atom. The molecule has 0 aliphatic carbocycles. The van der Waals surface area contributed by atoms with E-state index in [0.717, 1.165) is 22.6 Å². The van der Waals surface area contributed by atoms with Gasteiger partial charge in [-0.2, -0.15) is 0 Å². The van der Waals surface area contributed by atoms with E-state index in [1.807, 2.05) is 6.92 Å². The molecule has 0 aliphatic rings. The van der Waals surface area contributed by atoms with Crippen LogP contribution in [0.1, 0.15) is 16.8 Å². The molecule has 0 radical (unpaired) electrons. The molecule has 0 bridgehead atoms. The van der Waals surface area contributed by atoms with Gasteiger partial charge in [0.05, 0.1) is 19.4 Å². The highest BCUT2D eigenvalue weighted by atomic mass is 16.5. The van der Waals surface area contributed by atoms with Crippen LogP contribution in [0.25, 0.3) is 4.85 Å². The fraction of sp³-hybridized carbons (Fsp3) is 0.500. The van der Waals surface area contributed by atoms with Gasteiger partial charge < -0.3 is 14.3 Å². The predicted octanol–water partition coefficient (Wildman–Crippen LogP) is 2.01. The van der Waals surface area contributed by atoms with Gasteiger partial charge in [-0.05, 0) is 6.92 Å². The summed E-state index contributed by atoms with van der Waals surface area (Å²) in [4.78, 5) is 7.63. The highest BCUT2D eigenvalue weighted by molar-refractivity contribution is 5.42. The maximum absolute atomic E-state index is 6.84. The molecule has 0 atom stereocenters. The van der Waals surface area contributed by atoms with E-state index in [0.29, 0.717) is 19.6 Å². The van der Waals surface area contributed by atoms with E-state index < -0.39 is 0 Å². The molecule has 1 aromatic rings. The minimum atomic E-state index is 0.455. The molecule has 86 valence electrons. The zero-order valence-electron chi connectivity index (χ0n) is 9.91. The lowest BCUT2D eigenvalue weighted by molar-refractivity contribution is 0.183. The van der Waals surface area contributed by atoms with E-state index in [2.05, 4.69) is 9.83 Å². The first-order valence-electron chi connectivity index (χ1n) is 5.08. The number of aromatic nitrogens is 1. The lowest BCUT2D eigenvalue weighted by atomic mass is 10.0. The lowest BCUT2D eigenvalue weighted by Crippen LogP contribution is -2.04. The minimum Gasteiger partial charge on any atom is -0.495 e. The average molecular weight is 220 g/mol. The summed E-state index contributed by atoms with van der Waals surface area (Å²) in [6, 6.07) is 0. The van der Waals surface area contributed by atoms with Crippen molar-refractivity contribution in [3.8, 4) is 5.75 Å². The second-order valence-electron chi connectivity index (χ2n) is 3.45. The van der Waals surface area contributed by atoms with Gasteiger partial charge >= 0.3 is 0 Å². The number of nitrogens with zero attached hydrogens (tertiary/aromatic N) is 2. The van der Waals surface area contributed by atoms with Crippen LogP contribution in [-0.2, 0) is 17.8 Å². The molecule has 0 N–H and O–H groups in total. The molecule has 0 aliphatic heterocycles. The summed E-state index contributed by atoms with van der Waals surface area (Å²) in [6.45, 7) is 9.69. The van der Waals surface area contributed by atoms with Crippen molar-refractivity contribution in [2.75, 3.05) is 20.8 Å². The molecule has 0 amide bonds. The molecular formula is C12H16N2O2. The molecule has 0 aromatic carbocycles. The Morgan fingerprint density at radius 1 is 1.44 bits per heavy atom. The van der Waals surface area contributed by atoms with Gasteiger partial charge in [0.1, 0.15) is 5.75 Å². The van der Waals surface area contributed by atoms with Crippen LogP contribution in [0, 0.1) is 13.5 Å². The summed E-state index contributed by atoms with van der Waals surface area (Å²) in [5.74, 6) is 0.776. The first kappa shape index (κ1) is 12.5. The van der Waals surface area contributed by atoms with Crippen molar-refractivity contribution < 1.29 is 9.47 Å². The summed E-state index contributed by atoms with van der Waals surface area (Å²) >= 11 is 0. The van der Waals surface area contributed by atoms with Crippen molar-refractivity contribution in [1.29, 1.82) is 0 Å². The van der Waals surface area contributed by atoms with Gasteiger partial charge in [0.15, 0.2) is 0 Å². The molecule has 0 saturated heterocycles. The quantitative estimate of drug-likeness (QED) is 0.712. The number of hydrogen-bond donors (Lipinski definition) is 0. The molecule has 0 saturated carbocycles. The van der Waals surface area contributed by atoms with E-state index in [1.54, 1.807) is 20.4 Å². The van der Waals surface area contributed by atoms with Crippen LogP contribution in [0.2, 0.25) is 0 Å². The first-order chi connectivity index (χ1) is 7.74. The maximum atomic E-state index is 6.84. The summed E-state index contributed by atoms with van der Waals surface area (Å²) in [5.41, 5.74) is 2.88. The number of hydrogen-bond acceptors (Lipinski definition) is 3. The molecule has 0 unspecified atom stereocenters. The van der Waals surface area contributed by atoms with Crippen molar-refractivity contribution in [2.45, 2.75) is 20.0 Å². The molecule has 0 spiro atoms. The Hall–Kier alpha value is -1.60.